The molecule has 1 aliphatic rings. The molecular formula is C23H21N3O6S. The number of hydrogen-bond donors (Lipinski definition) is 4. The Morgan fingerprint density at radius 1 is 1.03 bits per heavy atom. The summed E-state index contributed by atoms with van der Waals surface area (Å²) in [6, 6.07) is 16.1. The number of aliphatic carboxylic acids is 1. The Hall–Kier alpha value is -3.76. The van der Waals surface area contributed by atoms with E-state index in [2.05, 4.69) is 27.8 Å². The molecule has 4 N–H and O–H groups in total. The molecule has 4 rings (SSSR count). The van der Waals surface area contributed by atoms with Crippen molar-refractivity contribution in [3.8, 4) is 11.1 Å². The van der Waals surface area contributed by atoms with E-state index in [0.29, 0.717) is 5.01 Å². The number of thiazole rings is 1. The van der Waals surface area contributed by atoms with Gasteiger partial charge in [0.1, 0.15) is 16.5 Å². The SMILES string of the molecule is O=C(NCc1ncc(C(=O)NCC(O)C(=O)O)s1)OCC1c2ccccc2-c2ccccc21. The van der Waals surface area contributed by atoms with Crippen molar-refractivity contribution in [1.82, 2.24) is 15.6 Å². The molecule has 2 amide bonds. The summed E-state index contributed by atoms with van der Waals surface area (Å²) in [5, 5.41) is 23.3. The summed E-state index contributed by atoms with van der Waals surface area (Å²) < 4.78 is 5.47. The molecule has 0 spiro atoms. The van der Waals surface area contributed by atoms with Gasteiger partial charge in [-0.25, -0.2) is 14.6 Å². The highest BCUT2D eigenvalue weighted by Gasteiger charge is 2.29. The molecule has 0 fully saturated rings. The molecule has 9 nitrogen and oxygen atoms in total. The fraction of sp³-hybridized carbons (Fsp3) is 0.217. The summed E-state index contributed by atoms with van der Waals surface area (Å²) in [6.45, 7) is -0.150. The van der Waals surface area contributed by atoms with Crippen LogP contribution in [0.5, 0.6) is 0 Å². The van der Waals surface area contributed by atoms with E-state index in [1.807, 2.05) is 36.4 Å². The molecule has 2 aromatic carbocycles. The van der Waals surface area contributed by atoms with Gasteiger partial charge in [0.2, 0.25) is 0 Å². The van der Waals surface area contributed by atoms with Crippen LogP contribution < -0.4 is 10.6 Å². The molecule has 3 aromatic rings. The molecule has 0 saturated heterocycles. The van der Waals surface area contributed by atoms with E-state index in [-0.39, 0.29) is 23.9 Å². The average molecular weight is 468 g/mol. The van der Waals surface area contributed by atoms with Crippen LogP contribution in [-0.4, -0.2) is 52.4 Å². The number of carboxylic acid groups (broad SMARTS) is 1. The normalized spacial score (nSPS) is 13.0. The van der Waals surface area contributed by atoms with Gasteiger partial charge in [0, 0.05) is 5.92 Å². The Bertz CT molecular complexity index is 1150. The number of aliphatic hydroxyl groups is 1. The number of amides is 2. The van der Waals surface area contributed by atoms with Gasteiger partial charge in [0.05, 0.1) is 19.3 Å². The zero-order valence-electron chi connectivity index (χ0n) is 17.4. The smallest absolute Gasteiger partial charge is 0.407 e. The fourth-order valence-corrected chi connectivity index (χ4v) is 4.43. The predicted octanol–water partition coefficient (Wildman–Crippen LogP) is 2.36. The predicted molar refractivity (Wildman–Crippen MR) is 120 cm³/mol. The Balaban J connectivity index is 1.29. The second kappa shape index (κ2) is 9.80. The van der Waals surface area contributed by atoms with Crippen LogP contribution in [0.25, 0.3) is 11.1 Å². The van der Waals surface area contributed by atoms with Gasteiger partial charge in [-0.15, -0.1) is 11.3 Å². The number of benzene rings is 2. The summed E-state index contributed by atoms with van der Waals surface area (Å²) in [6.07, 6.45) is -0.957. The van der Waals surface area contributed by atoms with E-state index in [4.69, 9.17) is 9.84 Å². The van der Waals surface area contributed by atoms with Gasteiger partial charge < -0.3 is 25.6 Å². The minimum atomic E-state index is -1.68. The largest absolute Gasteiger partial charge is 0.479 e. The molecule has 33 heavy (non-hydrogen) atoms. The molecule has 1 heterocycles. The van der Waals surface area contributed by atoms with Crippen molar-refractivity contribution < 1.29 is 29.3 Å². The van der Waals surface area contributed by atoms with Crippen molar-refractivity contribution >= 4 is 29.3 Å². The molecular weight excluding hydrogens is 446 g/mol. The zero-order valence-corrected chi connectivity index (χ0v) is 18.2. The lowest BCUT2D eigenvalue weighted by atomic mass is 9.98. The number of carboxylic acids is 1. The summed E-state index contributed by atoms with van der Waals surface area (Å²) in [5.41, 5.74) is 4.53. The third-order valence-corrected chi connectivity index (χ3v) is 6.24. The van der Waals surface area contributed by atoms with Gasteiger partial charge in [-0.05, 0) is 22.3 Å². The average Bonchev–Trinajstić information content (AvgIpc) is 3.42. The van der Waals surface area contributed by atoms with Gasteiger partial charge in [-0.1, -0.05) is 48.5 Å². The fourth-order valence-electron chi connectivity index (χ4n) is 3.66. The van der Waals surface area contributed by atoms with Crippen LogP contribution in [-0.2, 0) is 16.1 Å². The Morgan fingerprint density at radius 2 is 1.67 bits per heavy atom. The molecule has 0 radical (unpaired) electrons. The number of ether oxygens (including phenoxy) is 1. The van der Waals surface area contributed by atoms with Gasteiger partial charge >= 0.3 is 12.1 Å². The van der Waals surface area contributed by atoms with E-state index < -0.39 is 30.6 Å². The lowest BCUT2D eigenvalue weighted by Crippen LogP contribution is -2.36. The van der Waals surface area contributed by atoms with Crippen LogP contribution >= 0.6 is 11.3 Å². The van der Waals surface area contributed by atoms with Crippen LogP contribution in [0.15, 0.2) is 54.7 Å². The first-order chi connectivity index (χ1) is 15.9. The number of nitrogens with one attached hydrogen (secondary N) is 2. The first-order valence-corrected chi connectivity index (χ1v) is 11.0. The lowest BCUT2D eigenvalue weighted by molar-refractivity contribution is -0.146. The summed E-state index contributed by atoms with van der Waals surface area (Å²) in [5.74, 6) is -2.02. The third-order valence-electron chi connectivity index (χ3n) is 5.25. The maximum Gasteiger partial charge on any atom is 0.407 e. The quantitative estimate of drug-likeness (QED) is 0.399. The van der Waals surface area contributed by atoms with Crippen molar-refractivity contribution in [2.75, 3.05) is 13.2 Å². The number of carbonyl (C=O) groups is 3. The number of nitrogens with zero attached hydrogens (tertiary/aromatic N) is 1. The number of carbonyl (C=O) groups excluding carboxylic acids is 2. The first kappa shape index (κ1) is 22.4. The second-order valence-corrected chi connectivity index (χ2v) is 8.48. The molecule has 10 heteroatoms. The van der Waals surface area contributed by atoms with Crippen LogP contribution in [0.4, 0.5) is 4.79 Å². The van der Waals surface area contributed by atoms with Gasteiger partial charge in [-0.2, -0.15) is 0 Å². The highest BCUT2D eigenvalue weighted by Crippen LogP contribution is 2.44. The van der Waals surface area contributed by atoms with Gasteiger partial charge in [-0.3, -0.25) is 4.79 Å². The standard InChI is InChI=1S/C23H21N3O6S/c27-18(22(29)30)9-25-21(28)19-10-24-20(33-19)11-26-23(31)32-12-17-15-7-3-1-5-13(15)14-6-2-4-8-16(14)17/h1-8,10,17-18,27H,9,11-12H2,(H,25,28)(H,26,31)(H,29,30). The Kier molecular flexibility index (Phi) is 6.66. The van der Waals surface area contributed by atoms with Crippen molar-refractivity contribution in [3.63, 3.8) is 0 Å². The summed E-state index contributed by atoms with van der Waals surface area (Å²) in [7, 11) is 0. The molecule has 1 atom stereocenters. The first-order valence-electron chi connectivity index (χ1n) is 10.2. The molecule has 1 aliphatic carbocycles. The third kappa shape index (κ3) is 5.02. The second-order valence-electron chi connectivity index (χ2n) is 7.36. The number of aromatic nitrogens is 1. The number of hydrogen-bond acceptors (Lipinski definition) is 7. The van der Waals surface area contributed by atoms with Crippen LogP contribution in [0, 0.1) is 0 Å². The van der Waals surface area contributed by atoms with Gasteiger partial charge in [0.15, 0.2) is 6.10 Å². The molecule has 1 unspecified atom stereocenters. The molecule has 0 bridgehead atoms. The summed E-state index contributed by atoms with van der Waals surface area (Å²) >= 11 is 1.05. The molecule has 0 aliphatic heterocycles. The van der Waals surface area contributed by atoms with Crippen molar-refractivity contribution in [1.29, 1.82) is 0 Å². The highest BCUT2D eigenvalue weighted by molar-refractivity contribution is 7.13. The van der Waals surface area contributed by atoms with Crippen molar-refractivity contribution in [2.24, 2.45) is 0 Å². The number of alkyl carbamates (subject to hydrolysis) is 1. The van der Waals surface area contributed by atoms with Crippen molar-refractivity contribution in [3.05, 3.63) is 75.7 Å². The Morgan fingerprint density at radius 3 is 2.30 bits per heavy atom. The van der Waals surface area contributed by atoms with E-state index in [1.54, 1.807) is 0 Å². The van der Waals surface area contributed by atoms with Crippen LogP contribution in [0.3, 0.4) is 0 Å². The Labute approximate surface area is 193 Å². The van der Waals surface area contributed by atoms with Crippen LogP contribution in [0.2, 0.25) is 0 Å². The highest BCUT2D eigenvalue weighted by atomic mass is 32.1. The monoisotopic (exact) mass is 467 g/mol. The number of aliphatic hydroxyl groups excluding tert-OH is 1. The lowest BCUT2D eigenvalue weighted by Gasteiger charge is -2.14. The van der Waals surface area contributed by atoms with Crippen LogP contribution in [0.1, 0.15) is 31.7 Å². The summed E-state index contributed by atoms with van der Waals surface area (Å²) in [4.78, 5) is 39.2. The minimum Gasteiger partial charge on any atom is -0.479 e. The minimum absolute atomic E-state index is 0.0422. The maximum atomic E-state index is 12.3. The van der Waals surface area contributed by atoms with E-state index in [9.17, 15) is 19.5 Å². The maximum absolute atomic E-state index is 12.3. The molecule has 0 saturated carbocycles. The van der Waals surface area contributed by atoms with Crippen molar-refractivity contribution in [2.45, 2.75) is 18.6 Å². The van der Waals surface area contributed by atoms with E-state index >= 15 is 0 Å². The van der Waals surface area contributed by atoms with E-state index in [1.165, 1.54) is 6.20 Å². The van der Waals surface area contributed by atoms with E-state index in [0.717, 1.165) is 33.6 Å². The number of fused-ring (bicyclic) bond motifs is 3. The number of rotatable bonds is 8. The molecule has 1 aromatic heterocycles. The molecule has 170 valence electrons. The topological polar surface area (TPSA) is 138 Å². The van der Waals surface area contributed by atoms with Gasteiger partial charge in [0.25, 0.3) is 5.91 Å². The zero-order chi connectivity index (χ0) is 23.4.